The molecule has 1 rings (SSSR count). The number of nitrogens with one attached hydrogen (secondary N) is 2. The van der Waals surface area contributed by atoms with Gasteiger partial charge in [-0.3, -0.25) is 9.48 Å². The van der Waals surface area contributed by atoms with E-state index in [0.717, 1.165) is 4.68 Å². The molecule has 0 unspecified atom stereocenters. The van der Waals surface area contributed by atoms with Crippen molar-refractivity contribution < 1.29 is 13.6 Å². The first-order valence-electron chi connectivity index (χ1n) is 4.38. The molecule has 0 fully saturated rings. The maximum absolute atomic E-state index is 12.0. The molecule has 0 atom stereocenters. The van der Waals surface area contributed by atoms with Gasteiger partial charge in [-0.1, -0.05) is 0 Å². The molecule has 0 saturated heterocycles. The predicted octanol–water partition coefficient (Wildman–Crippen LogP) is 0.728. The fourth-order valence-corrected chi connectivity index (χ4v) is 1.02. The van der Waals surface area contributed by atoms with E-state index >= 15 is 0 Å². The molecule has 0 radical (unpaired) electrons. The number of alkyl halides is 2. The number of carbonyl (C=O) groups excluding carboxylic acids is 1. The van der Waals surface area contributed by atoms with Gasteiger partial charge in [0.25, 0.3) is 6.43 Å². The summed E-state index contributed by atoms with van der Waals surface area (Å²) in [6, 6.07) is 1.47. The third kappa shape index (κ3) is 5.04. The van der Waals surface area contributed by atoms with Gasteiger partial charge in [0.2, 0.25) is 5.91 Å². The van der Waals surface area contributed by atoms with E-state index in [1.807, 2.05) is 0 Å². The van der Waals surface area contributed by atoms with Gasteiger partial charge >= 0.3 is 0 Å². The van der Waals surface area contributed by atoms with Crippen LogP contribution in [0.5, 0.6) is 0 Å². The van der Waals surface area contributed by atoms with E-state index in [0.29, 0.717) is 0 Å². The summed E-state index contributed by atoms with van der Waals surface area (Å²) in [5.41, 5.74) is 0. The normalized spacial score (nSPS) is 10.0. The first-order valence-corrected chi connectivity index (χ1v) is 4.38. The number of hydrogen-bond acceptors (Lipinski definition) is 3. The number of hydrogen-bond donors (Lipinski definition) is 2. The van der Waals surface area contributed by atoms with E-state index in [1.165, 1.54) is 12.3 Å². The van der Waals surface area contributed by atoms with Gasteiger partial charge in [-0.05, 0) is 7.05 Å². The zero-order valence-electron chi connectivity index (χ0n) is 8.61. The van der Waals surface area contributed by atoms with Crippen molar-refractivity contribution in [3.63, 3.8) is 0 Å². The van der Waals surface area contributed by atoms with Crippen molar-refractivity contribution in [3.05, 3.63) is 12.3 Å². The monoisotopic (exact) mass is 254 g/mol. The molecule has 0 aliphatic heterocycles. The molecule has 0 saturated carbocycles. The van der Waals surface area contributed by atoms with Gasteiger partial charge < -0.3 is 10.6 Å². The van der Waals surface area contributed by atoms with E-state index in [4.69, 9.17) is 0 Å². The van der Waals surface area contributed by atoms with Crippen LogP contribution < -0.4 is 10.6 Å². The van der Waals surface area contributed by atoms with Crippen LogP contribution in [0.4, 0.5) is 14.6 Å². The second-order valence-corrected chi connectivity index (χ2v) is 2.89. The summed E-state index contributed by atoms with van der Waals surface area (Å²) in [7, 11) is 1.63. The summed E-state index contributed by atoms with van der Waals surface area (Å²) < 4.78 is 25.0. The van der Waals surface area contributed by atoms with Crippen LogP contribution in [-0.2, 0) is 11.3 Å². The average Bonchev–Trinajstić information content (AvgIpc) is 2.51. The second kappa shape index (κ2) is 7.13. The summed E-state index contributed by atoms with van der Waals surface area (Å²) in [5, 5.41) is 8.87. The van der Waals surface area contributed by atoms with Crippen LogP contribution in [0.15, 0.2) is 12.3 Å². The molecule has 2 N–H and O–H groups in total. The van der Waals surface area contributed by atoms with Crippen molar-refractivity contribution in [2.75, 3.05) is 18.9 Å². The number of rotatable bonds is 5. The van der Waals surface area contributed by atoms with Crippen LogP contribution in [0.2, 0.25) is 0 Å². The molecular weight excluding hydrogens is 242 g/mol. The van der Waals surface area contributed by atoms with E-state index in [9.17, 15) is 13.6 Å². The molecule has 5 nitrogen and oxygen atoms in total. The Kier molecular flexibility index (Phi) is 6.59. The minimum absolute atomic E-state index is 0. The molecule has 0 aliphatic carbocycles. The van der Waals surface area contributed by atoms with Crippen molar-refractivity contribution in [3.8, 4) is 0 Å². The fourth-order valence-electron chi connectivity index (χ4n) is 1.02. The van der Waals surface area contributed by atoms with E-state index in [1.54, 1.807) is 7.05 Å². The topological polar surface area (TPSA) is 59.0 Å². The number of likely N-dealkylation sites (N-methyl/N-ethyl adjacent to an activating group) is 1. The smallest absolute Gasteiger partial charge is 0.257 e. The van der Waals surface area contributed by atoms with Crippen molar-refractivity contribution >= 4 is 24.1 Å². The van der Waals surface area contributed by atoms with Gasteiger partial charge in [0, 0.05) is 12.3 Å². The fraction of sp³-hybridized carbons (Fsp3) is 0.500. The van der Waals surface area contributed by atoms with Gasteiger partial charge in [-0.2, -0.15) is 5.10 Å². The number of amides is 1. The number of nitrogens with zero attached hydrogens (tertiary/aromatic N) is 2. The minimum Gasteiger partial charge on any atom is -0.311 e. The Morgan fingerprint density at radius 3 is 2.88 bits per heavy atom. The zero-order chi connectivity index (χ0) is 11.3. The zero-order valence-corrected chi connectivity index (χ0v) is 9.43. The molecule has 0 spiro atoms. The summed E-state index contributed by atoms with van der Waals surface area (Å²) in [6.45, 7) is -0.316. The van der Waals surface area contributed by atoms with E-state index < -0.39 is 13.0 Å². The third-order valence-electron chi connectivity index (χ3n) is 1.57. The molecule has 0 bridgehead atoms. The van der Waals surface area contributed by atoms with Gasteiger partial charge in [0.1, 0.15) is 6.54 Å². The summed E-state index contributed by atoms with van der Waals surface area (Å²) in [6.07, 6.45) is -1.06. The molecule has 8 heteroatoms. The van der Waals surface area contributed by atoms with Gasteiger partial charge in [-0.15, -0.1) is 12.4 Å². The number of carbonyl (C=O) groups is 1. The Bertz CT molecular complexity index is 332. The van der Waals surface area contributed by atoms with Crippen LogP contribution in [0, 0.1) is 0 Å². The lowest BCUT2D eigenvalue weighted by Crippen LogP contribution is -2.25. The Morgan fingerprint density at radius 1 is 1.62 bits per heavy atom. The Hall–Kier alpha value is -1.21. The molecule has 1 heterocycles. The van der Waals surface area contributed by atoms with E-state index in [-0.39, 0.29) is 30.7 Å². The van der Waals surface area contributed by atoms with Gasteiger partial charge in [-0.25, -0.2) is 8.78 Å². The Balaban J connectivity index is 0.00000225. The van der Waals surface area contributed by atoms with Crippen LogP contribution in [-0.4, -0.2) is 35.7 Å². The lowest BCUT2D eigenvalue weighted by Gasteiger charge is -2.01. The van der Waals surface area contributed by atoms with Gasteiger partial charge in [0.05, 0.1) is 6.54 Å². The highest BCUT2D eigenvalue weighted by Crippen LogP contribution is 2.04. The quantitative estimate of drug-likeness (QED) is 0.814. The molecule has 0 aliphatic rings. The van der Waals surface area contributed by atoms with Crippen molar-refractivity contribution in [2.24, 2.45) is 0 Å². The highest BCUT2D eigenvalue weighted by molar-refractivity contribution is 5.91. The maximum atomic E-state index is 12.0. The summed E-state index contributed by atoms with van der Waals surface area (Å²) in [5.74, 6) is 0.00990. The highest BCUT2D eigenvalue weighted by Gasteiger charge is 2.07. The van der Waals surface area contributed by atoms with Crippen LogP contribution in [0.25, 0.3) is 0 Å². The highest BCUT2D eigenvalue weighted by atomic mass is 35.5. The second-order valence-electron chi connectivity index (χ2n) is 2.89. The largest absolute Gasteiger partial charge is 0.311 e. The average molecular weight is 255 g/mol. The van der Waals surface area contributed by atoms with E-state index in [2.05, 4.69) is 15.7 Å². The number of aromatic nitrogens is 2. The van der Waals surface area contributed by atoms with Crippen LogP contribution >= 0.6 is 12.4 Å². The number of anilines is 1. The molecule has 1 aromatic rings. The van der Waals surface area contributed by atoms with Crippen LogP contribution in [0.1, 0.15) is 0 Å². The molecule has 92 valence electrons. The first-order chi connectivity index (χ1) is 7.11. The predicted molar refractivity (Wildman–Crippen MR) is 58.0 cm³/mol. The standard InChI is InChI=1S/C8H12F2N4O.ClH/c1-11-4-8(15)12-7-2-3-14(13-7)5-6(9)10;/h2-3,6,11H,4-5H2,1H3,(H,12,13,15);1H. The maximum Gasteiger partial charge on any atom is 0.257 e. The minimum atomic E-state index is -2.45. The third-order valence-corrected chi connectivity index (χ3v) is 1.57. The molecule has 1 amide bonds. The first kappa shape index (κ1) is 14.8. The lowest BCUT2D eigenvalue weighted by molar-refractivity contribution is -0.115. The summed E-state index contributed by atoms with van der Waals surface area (Å²) in [4.78, 5) is 11.1. The molecular formula is C8H13ClF2N4O. The molecule has 1 aromatic heterocycles. The lowest BCUT2D eigenvalue weighted by atomic mass is 10.5. The molecule has 16 heavy (non-hydrogen) atoms. The van der Waals surface area contributed by atoms with Crippen molar-refractivity contribution in [1.29, 1.82) is 0 Å². The summed E-state index contributed by atoms with van der Waals surface area (Å²) >= 11 is 0. The Labute approximate surface area is 97.6 Å². The Morgan fingerprint density at radius 2 is 2.31 bits per heavy atom. The van der Waals surface area contributed by atoms with Crippen molar-refractivity contribution in [2.45, 2.75) is 13.0 Å². The SMILES string of the molecule is CNCC(=O)Nc1ccn(CC(F)F)n1.Cl. The van der Waals surface area contributed by atoms with Crippen LogP contribution in [0.3, 0.4) is 0 Å². The van der Waals surface area contributed by atoms with Crippen molar-refractivity contribution in [1.82, 2.24) is 15.1 Å². The van der Waals surface area contributed by atoms with Gasteiger partial charge in [0.15, 0.2) is 5.82 Å². The molecule has 0 aromatic carbocycles. The number of halogens is 3.